The van der Waals surface area contributed by atoms with Gasteiger partial charge < -0.3 is 10.1 Å². The molecule has 5 heterocycles. The highest BCUT2D eigenvalue weighted by molar-refractivity contribution is 5.82. The molecule has 1 N–H and O–H groups in total. The quantitative estimate of drug-likeness (QED) is 0.488. The van der Waals surface area contributed by atoms with Gasteiger partial charge in [-0.05, 0) is 69.1 Å². The largest absolute Gasteiger partial charge is 0.371 e. The summed E-state index contributed by atoms with van der Waals surface area (Å²) in [5.74, 6) is 0.653. The van der Waals surface area contributed by atoms with Crippen molar-refractivity contribution < 1.29 is 4.74 Å². The Labute approximate surface area is 204 Å². The van der Waals surface area contributed by atoms with Gasteiger partial charge in [0.15, 0.2) is 0 Å². The Morgan fingerprint density at radius 3 is 2.74 bits per heavy atom. The van der Waals surface area contributed by atoms with Crippen LogP contribution in [0.4, 0.5) is 0 Å². The normalized spacial score (nSPS) is 21.9. The van der Waals surface area contributed by atoms with Gasteiger partial charge in [-0.3, -0.25) is 14.3 Å². The molecule has 0 radical (unpaired) electrons. The molecule has 2 unspecified atom stereocenters. The Hall–Kier alpha value is -3.42. The van der Waals surface area contributed by atoms with Crippen LogP contribution >= 0.6 is 0 Å². The van der Waals surface area contributed by atoms with E-state index in [0.717, 1.165) is 59.4 Å². The van der Waals surface area contributed by atoms with Crippen molar-refractivity contribution >= 4 is 11.0 Å². The molecule has 3 aromatic heterocycles. The van der Waals surface area contributed by atoms with Crippen molar-refractivity contribution in [2.75, 3.05) is 19.7 Å². The van der Waals surface area contributed by atoms with E-state index in [4.69, 9.17) is 4.74 Å². The summed E-state index contributed by atoms with van der Waals surface area (Å²) in [6.07, 6.45) is 3.59. The van der Waals surface area contributed by atoms with Gasteiger partial charge in [0.25, 0.3) is 5.56 Å². The Bertz CT molecular complexity index is 1500. The number of pyridine rings is 2. The van der Waals surface area contributed by atoms with E-state index in [1.165, 1.54) is 0 Å². The van der Waals surface area contributed by atoms with Crippen LogP contribution in [-0.4, -0.2) is 44.8 Å². The summed E-state index contributed by atoms with van der Waals surface area (Å²) in [6.45, 7) is 8.19. The molecule has 2 aliphatic heterocycles. The molecular formula is C28H29N5O2. The van der Waals surface area contributed by atoms with Crippen molar-refractivity contribution in [1.29, 1.82) is 0 Å². The van der Waals surface area contributed by atoms with E-state index < -0.39 is 0 Å². The number of aryl methyl sites for hydroxylation is 3. The maximum absolute atomic E-state index is 14.1. The number of ether oxygens (including phenoxy) is 1. The van der Waals surface area contributed by atoms with Gasteiger partial charge in [-0.15, -0.1) is 0 Å². The van der Waals surface area contributed by atoms with E-state index in [9.17, 15) is 4.79 Å². The Kier molecular flexibility index (Phi) is 5.27. The summed E-state index contributed by atoms with van der Waals surface area (Å²) >= 11 is 0. The van der Waals surface area contributed by atoms with E-state index >= 15 is 0 Å². The van der Waals surface area contributed by atoms with Gasteiger partial charge in [0, 0.05) is 41.4 Å². The topological polar surface area (TPSA) is 81.9 Å². The van der Waals surface area contributed by atoms with Crippen LogP contribution < -0.4 is 10.9 Å². The van der Waals surface area contributed by atoms with Gasteiger partial charge in [-0.25, -0.2) is 9.97 Å². The van der Waals surface area contributed by atoms with Crippen LogP contribution in [0.3, 0.4) is 0 Å². The fourth-order valence-corrected chi connectivity index (χ4v) is 5.57. The minimum atomic E-state index is -0.188. The summed E-state index contributed by atoms with van der Waals surface area (Å²) < 4.78 is 8.14. The Morgan fingerprint density at radius 2 is 1.97 bits per heavy atom. The summed E-state index contributed by atoms with van der Waals surface area (Å²) in [5, 5.41) is 4.27. The maximum Gasteiger partial charge on any atom is 0.260 e. The van der Waals surface area contributed by atoms with Crippen LogP contribution in [0.25, 0.3) is 33.4 Å². The van der Waals surface area contributed by atoms with Gasteiger partial charge in [-0.1, -0.05) is 18.2 Å². The van der Waals surface area contributed by atoms with Gasteiger partial charge in [0.1, 0.15) is 11.5 Å². The van der Waals surface area contributed by atoms with Crippen molar-refractivity contribution in [3.05, 3.63) is 76.1 Å². The standard InChI is InChI=1S/C28H29N5O2/c1-17-11-20(25-6-4-5-18(2)31-25)7-8-23(17)24-12-21-14-30-19(3)32-26(21)33(27(24)34)22-13-28(35-15-22)9-10-29-16-28/h4-8,11-12,14,22,29H,9-10,13,15-16H2,1-3H3. The van der Waals surface area contributed by atoms with Crippen molar-refractivity contribution in [3.8, 4) is 22.4 Å². The first-order chi connectivity index (χ1) is 16.9. The summed E-state index contributed by atoms with van der Waals surface area (Å²) in [6, 6.07) is 14.1. The number of hydrogen-bond donors (Lipinski definition) is 1. The predicted octanol–water partition coefficient (Wildman–Crippen LogP) is 4.14. The SMILES string of the molecule is Cc1cccc(-c2ccc(-c3cc4cnc(C)nc4n(C4COC5(CCNC5)C4)c3=O)c(C)c2)n1. The van der Waals surface area contributed by atoms with Crippen molar-refractivity contribution in [1.82, 2.24) is 24.8 Å². The molecule has 4 aromatic rings. The van der Waals surface area contributed by atoms with E-state index in [0.29, 0.717) is 23.6 Å². The van der Waals surface area contributed by atoms with Crippen LogP contribution in [0, 0.1) is 20.8 Å². The maximum atomic E-state index is 14.1. The van der Waals surface area contributed by atoms with Crippen LogP contribution in [0.1, 0.15) is 36.0 Å². The first-order valence-electron chi connectivity index (χ1n) is 12.2. The Balaban J connectivity index is 1.49. The number of rotatable bonds is 3. The number of benzene rings is 1. The smallest absolute Gasteiger partial charge is 0.260 e. The second kappa shape index (κ2) is 8.36. The highest BCUT2D eigenvalue weighted by Crippen LogP contribution is 2.38. The fraction of sp³-hybridized carbons (Fsp3) is 0.357. The molecule has 2 atom stereocenters. The molecular weight excluding hydrogens is 438 g/mol. The molecule has 35 heavy (non-hydrogen) atoms. The van der Waals surface area contributed by atoms with Crippen LogP contribution in [0.2, 0.25) is 0 Å². The number of fused-ring (bicyclic) bond motifs is 1. The predicted molar refractivity (Wildman–Crippen MR) is 136 cm³/mol. The number of nitrogens with zero attached hydrogens (tertiary/aromatic N) is 4. The average Bonchev–Trinajstić information content (AvgIpc) is 3.48. The van der Waals surface area contributed by atoms with Gasteiger partial charge in [0.05, 0.1) is 23.9 Å². The second-order valence-corrected chi connectivity index (χ2v) is 9.90. The second-order valence-electron chi connectivity index (χ2n) is 9.90. The molecule has 2 aliphatic rings. The van der Waals surface area contributed by atoms with Gasteiger partial charge in [0.2, 0.25) is 0 Å². The lowest BCUT2D eigenvalue weighted by molar-refractivity contribution is 0.0206. The van der Waals surface area contributed by atoms with Crippen LogP contribution in [0.15, 0.2) is 53.5 Å². The lowest BCUT2D eigenvalue weighted by Crippen LogP contribution is -2.32. The van der Waals surface area contributed by atoms with E-state index in [1.54, 1.807) is 0 Å². The highest BCUT2D eigenvalue weighted by atomic mass is 16.5. The van der Waals surface area contributed by atoms with E-state index in [2.05, 4.69) is 26.3 Å². The third kappa shape index (κ3) is 3.85. The zero-order valence-electron chi connectivity index (χ0n) is 20.3. The van der Waals surface area contributed by atoms with Crippen molar-refractivity contribution in [2.24, 2.45) is 0 Å². The van der Waals surface area contributed by atoms with Crippen molar-refractivity contribution in [3.63, 3.8) is 0 Å². The molecule has 1 aromatic carbocycles. The van der Waals surface area contributed by atoms with Gasteiger partial charge in [-0.2, -0.15) is 0 Å². The van der Waals surface area contributed by atoms with Gasteiger partial charge >= 0.3 is 0 Å². The Morgan fingerprint density at radius 1 is 1.09 bits per heavy atom. The molecule has 0 saturated carbocycles. The molecule has 7 heteroatoms. The molecule has 2 fully saturated rings. The minimum absolute atomic E-state index is 0.0308. The fourth-order valence-electron chi connectivity index (χ4n) is 5.57. The lowest BCUT2D eigenvalue weighted by Gasteiger charge is -2.22. The molecule has 2 saturated heterocycles. The van der Waals surface area contributed by atoms with E-state index in [-0.39, 0.29) is 17.2 Å². The highest BCUT2D eigenvalue weighted by Gasteiger charge is 2.44. The number of nitrogens with one attached hydrogen (secondary N) is 1. The zero-order valence-corrected chi connectivity index (χ0v) is 20.3. The first kappa shape index (κ1) is 22.1. The molecule has 178 valence electrons. The first-order valence-corrected chi connectivity index (χ1v) is 12.2. The molecule has 7 nitrogen and oxygen atoms in total. The molecule has 1 spiro atoms. The third-order valence-corrected chi connectivity index (χ3v) is 7.35. The summed E-state index contributed by atoms with van der Waals surface area (Å²) in [4.78, 5) is 27.8. The average molecular weight is 468 g/mol. The molecule has 0 aliphatic carbocycles. The molecule has 0 amide bonds. The summed E-state index contributed by atoms with van der Waals surface area (Å²) in [7, 11) is 0. The zero-order chi connectivity index (χ0) is 24.2. The monoisotopic (exact) mass is 467 g/mol. The molecule has 0 bridgehead atoms. The number of hydrogen-bond acceptors (Lipinski definition) is 6. The van der Waals surface area contributed by atoms with Crippen LogP contribution in [-0.2, 0) is 4.74 Å². The van der Waals surface area contributed by atoms with E-state index in [1.807, 2.05) is 67.9 Å². The number of aromatic nitrogens is 4. The van der Waals surface area contributed by atoms with Crippen LogP contribution in [0.5, 0.6) is 0 Å². The molecule has 6 rings (SSSR count). The van der Waals surface area contributed by atoms with Crippen molar-refractivity contribution in [2.45, 2.75) is 45.3 Å². The minimum Gasteiger partial charge on any atom is -0.371 e. The summed E-state index contributed by atoms with van der Waals surface area (Å²) in [5.41, 5.74) is 6.01. The third-order valence-electron chi connectivity index (χ3n) is 7.35. The lowest BCUT2D eigenvalue weighted by atomic mass is 9.95.